The zero-order valence-electron chi connectivity index (χ0n) is 28.4. The molecule has 2 aliphatic heterocycles. The molecule has 0 bridgehead atoms. The summed E-state index contributed by atoms with van der Waals surface area (Å²) in [6.07, 6.45) is 4.09. The highest BCUT2D eigenvalue weighted by Crippen LogP contribution is 2.44. The second-order valence-corrected chi connectivity index (χ2v) is 13.3. The summed E-state index contributed by atoms with van der Waals surface area (Å²) in [4.78, 5) is 7.73. The molecule has 0 fully saturated rings. The van der Waals surface area contributed by atoms with E-state index in [0.717, 1.165) is 56.3 Å². The summed E-state index contributed by atoms with van der Waals surface area (Å²) in [7, 11) is 0. The fraction of sp³-hybridized carbons (Fsp3) is 0.0426. The summed E-state index contributed by atoms with van der Waals surface area (Å²) < 4.78 is 2.31. The topological polar surface area (TPSA) is 44.6 Å². The number of para-hydroxylation sites is 3. The van der Waals surface area contributed by atoms with Crippen LogP contribution in [0.5, 0.6) is 0 Å². The van der Waals surface area contributed by atoms with Crippen molar-refractivity contribution in [1.82, 2.24) is 15.2 Å². The second-order valence-electron chi connectivity index (χ2n) is 13.3. The van der Waals surface area contributed by atoms with E-state index in [1.807, 2.05) is 0 Å². The van der Waals surface area contributed by atoms with Gasteiger partial charge in [-0.15, -0.1) is 0 Å². The van der Waals surface area contributed by atoms with Gasteiger partial charge >= 0.3 is 0 Å². The van der Waals surface area contributed by atoms with Crippen LogP contribution in [-0.2, 0) is 0 Å². The Labute approximate surface area is 302 Å². The molecular weight excluding hydrogens is 635 g/mol. The second kappa shape index (κ2) is 12.6. The van der Waals surface area contributed by atoms with Gasteiger partial charge in [0.15, 0.2) is 0 Å². The maximum Gasteiger partial charge on any atom is 0.206 e. The van der Waals surface area contributed by atoms with Crippen molar-refractivity contribution in [2.75, 3.05) is 4.90 Å². The lowest BCUT2D eigenvalue weighted by Gasteiger charge is -2.32. The molecule has 8 aromatic rings. The Balaban J connectivity index is 1.15. The van der Waals surface area contributed by atoms with Crippen LogP contribution in [0.3, 0.4) is 0 Å². The van der Waals surface area contributed by atoms with E-state index < -0.39 is 0 Å². The third-order valence-corrected chi connectivity index (χ3v) is 10.2. The molecule has 10 rings (SSSR count). The van der Waals surface area contributed by atoms with E-state index in [4.69, 9.17) is 4.99 Å². The van der Waals surface area contributed by atoms with Crippen LogP contribution < -0.4 is 15.5 Å². The molecule has 2 N–H and O–H groups in total. The van der Waals surface area contributed by atoms with Gasteiger partial charge in [-0.1, -0.05) is 152 Å². The minimum absolute atomic E-state index is 0.136. The molecule has 2 atom stereocenters. The van der Waals surface area contributed by atoms with Gasteiger partial charge < -0.3 is 10.2 Å². The molecule has 5 heteroatoms. The van der Waals surface area contributed by atoms with E-state index in [2.05, 4.69) is 208 Å². The van der Waals surface area contributed by atoms with Crippen LogP contribution in [0.1, 0.15) is 34.6 Å². The lowest BCUT2D eigenvalue weighted by Crippen LogP contribution is -2.47. The number of hydrogen-bond donors (Lipinski definition) is 2. The maximum absolute atomic E-state index is 5.35. The number of aromatic nitrogens is 1. The fourth-order valence-corrected chi connectivity index (χ4v) is 7.71. The van der Waals surface area contributed by atoms with Crippen LogP contribution in [-0.4, -0.2) is 10.5 Å². The first kappa shape index (κ1) is 30.2. The first-order chi connectivity index (χ1) is 25.8. The largest absolute Gasteiger partial charge is 0.336 e. The predicted molar refractivity (Wildman–Crippen MR) is 216 cm³/mol. The molecule has 0 amide bonds. The highest BCUT2D eigenvalue weighted by molar-refractivity contribution is 6.14. The van der Waals surface area contributed by atoms with Gasteiger partial charge in [0, 0.05) is 16.5 Å². The van der Waals surface area contributed by atoms with Gasteiger partial charge in [-0.25, -0.2) is 4.99 Å². The maximum atomic E-state index is 5.35. The molecule has 0 saturated carbocycles. The molecule has 248 valence electrons. The summed E-state index contributed by atoms with van der Waals surface area (Å²) in [6, 6.07) is 62.6. The predicted octanol–water partition coefficient (Wildman–Crippen LogP) is 11.2. The molecule has 52 heavy (non-hydrogen) atoms. The van der Waals surface area contributed by atoms with Crippen LogP contribution in [0.25, 0.3) is 45.1 Å². The van der Waals surface area contributed by atoms with Crippen LogP contribution in [0.2, 0.25) is 0 Å². The number of rotatable bonds is 4. The highest BCUT2D eigenvalue weighted by Gasteiger charge is 2.28. The quantitative estimate of drug-likeness (QED) is 0.196. The zero-order chi connectivity index (χ0) is 34.4. The smallest absolute Gasteiger partial charge is 0.206 e. The van der Waals surface area contributed by atoms with Crippen molar-refractivity contribution in [1.29, 1.82) is 0 Å². The van der Waals surface area contributed by atoms with Crippen LogP contribution in [0, 0.1) is 0 Å². The van der Waals surface area contributed by atoms with Gasteiger partial charge in [0.05, 0.1) is 22.4 Å². The van der Waals surface area contributed by atoms with Crippen molar-refractivity contribution in [2.45, 2.75) is 12.3 Å². The van der Waals surface area contributed by atoms with Crippen LogP contribution >= 0.6 is 0 Å². The monoisotopic (exact) mass is 669 g/mol. The van der Waals surface area contributed by atoms with Crippen LogP contribution in [0.15, 0.2) is 181 Å². The molecule has 2 unspecified atom stereocenters. The molecule has 0 saturated heterocycles. The average molecular weight is 670 g/mol. The Kier molecular flexibility index (Phi) is 7.29. The van der Waals surface area contributed by atoms with E-state index in [9.17, 15) is 0 Å². The molecule has 5 nitrogen and oxygen atoms in total. The third kappa shape index (κ3) is 5.18. The van der Waals surface area contributed by atoms with E-state index in [0.29, 0.717) is 0 Å². The molecule has 0 spiro atoms. The van der Waals surface area contributed by atoms with E-state index in [1.54, 1.807) is 0 Å². The summed E-state index contributed by atoms with van der Waals surface area (Å²) in [6.45, 7) is 0. The van der Waals surface area contributed by atoms with Crippen molar-refractivity contribution >= 4 is 57.0 Å². The minimum Gasteiger partial charge on any atom is -0.336 e. The summed E-state index contributed by atoms with van der Waals surface area (Å²) in [5.41, 5.74) is 12.6. The van der Waals surface area contributed by atoms with E-state index >= 15 is 0 Å². The van der Waals surface area contributed by atoms with Crippen molar-refractivity contribution in [3.05, 3.63) is 198 Å². The lowest BCUT2D eigenvalue weighted by atomic mass is 10.00. The van der Waals surface area contributed by atoms with E-state index in [1.165, 1.54) is 21.9 Å². The molecule has 1 aromatic heterocycles. The van der Waals surface area contributed by atoms with Gasteiger partial charge in [0.25, 0.3) is 0 Å². The normalized spacial score (nSPS) is 16.5. The number of anilines is 3. The molecule has 0 aliphatic carbocycles. The van der Waals surface area contributed by atoms with Crippen LogP contribution in [0.4, 0.5) is 17.1 Å². The van der Waals surface area contributed by atoms with Gasteiger partial charge in [-0.2, -0.15) is 0 Å². The Morgan fingerprint density at radius 1 is 0.481 bits per heavy atom. The summed E-state index contributed by atoms with van der Waals surface area (Å²) in [5, 5.41) is 9.91. The SMILES string of the molecule is C1=Cc2ccc(-c3ccc4c5ccccc5n(C5=NC(c6ccccc6)NC(c6ccccc6)N5)c4c3)cc2N(c2ccccc2)c2ccccc21. The molecule has 0 radical (unpaired) electrons. The molecule has 7 aromatic carbocycles. The van der Waals surface area contributed by atoms with Gasteiger partial charge in [-0.05, 0) is 69.8 Å². The number of nitrogens with zero attached hydrogens (tertiary/aromatic N) is 3. The fourth-order valence-electron chi connectivity index (χ4n) is 7.71. The Morgan fingerprint density at radius 2 is 1.10 bits per heavy atom. The Morgan fingerprint density at radius 3 is 1.90 bits per heavy atom. The van der Waals surface area contributed by atoms with Crippen molar-refractivity contribution in [3.8, 4) is 11.1 Å². The van der Waals surface area contributed by atoms with Crippen molar-refractivity contribution in [2.24, 2.45) is 4.99 Å². The number of nitrogens with one attached hydrogen (secondary N) is 2. The summed E-state index contributed by atoms with van der Waals surface area (Å²) >= 11 is 0. The number of fused-ring (bicyclic) bond motifs is 5. The standard InChI is InChI=1S/C47H35N5/c1-4-15-34(16-5-1)45-48-46(35-17-6-2-7-18-35)50-47(49-45)52-42-23-13-11-21-39(42)40-29-28-37(31-44(40)52)36-27-26-33-25-24-32-14-10-12-22-41(32)51(43(33)30-36)38-19-8-3-9-20-38/h1-31,45-46,48H,(H,49,50). The number of hydrogen-bond acceptors (Lipinski definition) is 4. The van der Waals surface area contributed by atoms with Gasteiger partial charge in [-0.3, -0.25) is 9.88 Å². The van der Waals surface area contributed by atoms with Crippen molar-refractivity contribution < 1.29 is 0 Å². The third-order valence-electron chi connectivity index (χ3n) is 10.2. The minimum atomic E-state index is -0.230. The molecule has 2 aliphatic rings. The number of benzene rings is 7. The van der Waals surface area contributed by atoms with Gasteiger partial charge in [0.2, 0.25) is 5.96 Å². The van der Waals surface area contributed by atoms with E-state index in [-0.39, 0.29) is 12.3 Å². The molecule has 3 heterocycles. The lowest BCUT2D eigenvalue weighted by molar-refractivity contribution is 0.403. The highest BCUT2D eigenvalue weighted by atomic mass is 15.4. The first-order valence-corrected chi connectivity index (χ1v) is 17.8. The summed E-state index contributed by atoms with van der Waals surface area (Å²) in [5.74, 6) is 0.809. The van der Waals surface area contributed by atoms with Gasteiger partial charge in [0.1, 0.15) is 12.3 Å². The Bertz CT molecular complexity index is 2640. The Hall–Kier alpha value is -6.69. The zero-order valence-corrected chi connectivity index (χ0v) is 28.4. The first-order valence-electron chi connectivity index (χ1n) is 17.8. The average Bonchev–Trinajstić information content (AvgIpc) is 3.45. The number of aliphatic imine (C=N–C) groups is 1. The molecular formula is C47H35N5. The van der Waals surface area contributed by atoms with Crippen molar-refractivity contribution in [3.63, 3.8) is 0 Å².